The van der Waals surface area contributed by atoms with Crippen LogP contribution in [-0.2, 0) is 9.53 Å². The van der Waals surface area contributed by atoms with E-state index in [1.54, 1.807) is 0 Å². The molecule has 0 fully saturated rings. The fourth-order valence-electron chi connectivity index (χ4n) is 3.48. The first-order valence-corrected chi connectivity index (χ1v) is 9.91. The summed E-state index contributed by atoms with van der Waals surface area (Å²) in [6.45, 7) is 8.54. The second kappa shape index (κ2) is 12.1. The van der Waals surface area contributed by atoms with Crippen molar-refractivity contribution in [1.82, 2.24) is 10.2 Å². The maximum atomic E-state index is 12.2. The fourth-order valence-corrected chi connectivity index (χ4v) is 3.48. The Hall–Kier alpha value is -2.43. The van der Waals surface area contributed by atoms with Gasteiger partial charge in [0.05, 0.1) is 13.5 Å². The van der Waals surface area contributed by atoms with Crippen molar-refractivity contribution in [1.29, 1.82) is 0 Å². The number of nitrogens with zero attached hydrogens (tertiary/aromatic N) is 1. The molecule has 0 aromatic heterocycles. The quantitative estimate of drug-likeness (QED) is 0.334. The molecular formula is C24H32N2O2. The number of methoxy groups -OCH3 is 1. The summed E-state index contributed by atoms with van der Waals surface area (Å²) < 4.78 is 5.01. The van der Waals surface area contributed by atoms with Gasteiger partial charge in [0, 0.05) is 25.2 Å². The number of carbonyl (C=O) groups is 1. The smallest absolute Gasteiger partial charge is 0.307 e. The maximum Gasteiger partial charge on any atom is 0.307 e. The maximum absolute atomic E-state index is 12.2. The Labute approximate surface area is 169 Å². The molecule has 0 aliphatic carbocycles. The second-order valence-electron chi connectivity index (χ2n) is 6.88. The lowest BCUT2D eigenvalue weighted by Crippen LogP contribution is -2.35. The van der Waals surface area contributed by atoms with Crippen LogP contribution in [0.3, 0.4) is 0 Å². The third-order valence-corrected chi connectivity index (χ3v) is 5.01. The van der Waals surface area contributed by atoms with Crippen molar-refractivity contribution >= 4 is 5.97 Å². The van der Waals surface area contributed by atoms with Gasteiger partial charge in [-0.3, -0.25) is 9.69 Å². The third-order valence-electron chi connectivity index (χ3n) is 5.01. The molecule has 0 heterocycles. The number of hydrogen-bond acceptors (Lipinski definition) is 4. The van der Waals surface area contributed by atoms with Crippen LogP contribution in [0.2, 0.25) is 0 Å². The first kappa shape index (κ1) is 21.9. The zero-order valence-corrected chi connectivity index (χ0v) is 17.0. The molecule has 1 N–H and O–H groups in total. The van der Waals surface area contributed by atoms with Gasteiger partial charge in [0.15, 0.2) is 0 Å². The van der Waals surface area contributed by atoms with Gasteiger partial charge in [-0.15, -0.1) is 6.58 Å². The Morgan fingerprint density at radius 2 is 1.71 bits per heavy atom. The van der Waals surface area contributed by atoms with Crippen LogP contribution in [0.15, 0.2) is 73.3 Å². The third kappa shape index (κ3) is 6.63. The molecule has 4 nitrogen and oxygen atoms in total. The van der Waals surface area contributed by atoms with Crippen molar-refractivity contribution < 1.29 is 9.53 Å². The standard InChI is InChI=1S/C24H32N2O2/c1-4-16-25-17-11-18-26(20(2)21-12-7-5-8-13-21)23(19-24(27)28-3)22-14-9-6-10-15-22/h4-10,12-15,20,23,25H,1,11,16-19H2,2-3H3/t20-,23+/m1/s1. The van der Waals surface area contributed by atoms with Gasteiger partial charge in [-0.1, -0.05) is 66.7 Å². The normalized spacial score (nSPS) is 13.1. The molecule has 0 spiro atoms. The molecule has 0 saturated heterocycles. The van der Waals surface area contributed by atoms with Gasteiger partial charge in [0.2, 0.25) is 0 Å². The van der Waals surface area contributed by atoms with Crippen LogP contribution in [0.5, 0.6) is 0 Å². The van der Waals surface area contributed by atoms with E-state index in [1.807, 2.05) is 30.3 Å². The topological polar surface area (TPSA) is 41.6 Å². The Balaban J connectivity index is 2.28. The molecular weight excluding hydrogens is 348 g/mol. The van der Waals surface area contributed by atoms with Gasteiger partial charge < -0.3 is 10.1 Å². The Bertz CT molecular complexity index is 703. The zero-order chi connectivity index (χ0) is 20.2. The molecule has 2 atom stereocenters. The average molecular weight is 381 g/mol. The molecule has 2 aromatic rings. The molecule has 0 aliphatic rings. The van der Waals surface area contributed by atoms with Crippen LogP contribution in [-0.4, -0.2) is 37.6 Å². The molecule has 0 bridgehead atoms. The van der Waals surface area contributed by atoms with E-state index in [0.29, 0.717) is 6.42 Å². The van der Waals surface area contributed by atoms with Crippen LogP contribution >= 0.6 is 0 Å². The molecule has 0 radical (unpaired) electrons. The summed E-state index contributed by atoms with van der Waals surface area (Å²) in [5.41, 5.74) is 2.38. The summed E-state index contributed by atoms with van der Waals surface area (Å²) in [7, 11) is 1.45. The Morgan fingerprint density at radius 3 is 2.29 bits per heavy atom. The summed E-state index contributed by atoms with van der Waals surface area (Å²) in [5, 5.41) is 3.36. The minimum atomic E-state index is -0.191. The summed E-state index contributed by atoms with van der Waals surface area (Å²) >= 11 is 0. The van der Waals surface area contributed by atoms with Crippen LogP contribution in [0, 0.1) is 0 Å². The Kier molecular flexibility index (Phi) is 9.46. The van der Waals surface area contributed by atoms with E-state index < -0.39 is 0 Å². The van der Waals surface area contributed by atoms with Gasteiger partial charge in [-0.25, -0.2) is 0 Å². The Morgan fingerprint density at radius 1 is 1.11 bits per heavy atom. The second-order valence-corrected chi connectivity index (χ2v) is 6.88. The molecule has 4 heteroatoms. The molecule has 0 aliphatic heterocycles. The van der Waals surface area contributed by atoms with Crippen molar-refractivity contribution in [3.63, 3.8) is 0 Å². The van der Waals surface area contributed by atoms with Crippen LogP contribution in [0.1, 0.15) is 43.0 Å². The van der Waals surface area contributed by atoms with Gasteiger partial charge >= 0.3 is 5.97 Å². The number of carbonyl (C=O) groups excluding carboxylic acids is 1. The number of esters is 1. The molecule has 2 rings (SSSR count). The number of benzene rings is 2. The first-order valence-electron chi connectivity index (χ1n) is 9.91. The molecule has 0 unspecified atom stereocenters. The van der Waals surface area contributed by atoms with Crippen molar-refractivity contribution in [3.05, 3.63) is 84.4 Å². The first-order chi connectivity index (χ1) is 13.7. The molecule has 28 heavy (non-hydrogen) atoms. The highest BCUT2D eigenvalue weighted by Crippen LogP contribution is 2.33. The summed E-state index contributed by atoms with van der Waals surface area (Å²) in [4.78, 5) is 14.6. The van der Waals surface area contributed by atoms with Crippen LogP contribution in [0.4, 0.5) is 0 Å². The molecule has 0 saturated carbocycles. The van der Waals surface area contributed by atoms with Crippen molar-refractivity contribution in [3.8, 4) is 0 Å². The predicted octanol–water partition coefficient (Wildman–Crippen LogP) is 4.52. The lowest BCUT2D eigenvalue weighted by Gasteiger charge is -2.37. The van der Waals surface area contributed by atoms with E-state index in [9.17, 15) is 4.79 Å². The van der Waals surface area contributed by atoms with E-state index in [2.05, 4.69) is 60.1 Å². The van der Waals surface area contributed by atoms with Gasteiger partial charge in [-0.2, -0.15) is 0 Å². The SMILES string of the molecule is C=CCNCCCN([C@H](C)c1ccccc1)[C@@H](CC(=O)OC)c1ccccc1. The minimum Gasteiger partial charge on any atom is -0.469 e. The summed E-state index contributed by atoms with van der Waals surface area (Å²) in [5.74, 6) is -0.191. The van der Waals surface area contributed by atoms with E-state index >= 15 is 0 Å². The number of ether oxygens (including phenoxy) is 1. The fraction of sp³-hybridized carbons (Fsp3) is 0.375. The zero-order valence-electron chi connectivity index (χ0n) is 17.0. The van der Waals surface area contributed by atoms with Gasteiger partial charge in [0.25, 0.3) is 0 Å². The number of rotatable bonds is 12. The van der Waals surface area contributed by atoms with Crippen molar-refractivity contribution in [2.24, 2.45) is 0 Å². The highest BCUT2D eigenvalue weighted by Gasteiger charge is 2.28. The summed E-state index contributed by atoms with van der Waals surface area (Å²) in [6.07, 6.45) is 3.18. The van der Waals surface area contributed by atoms with Crippen LogP contribution in [0.25, 0.3) is 0 Å². The predicted molar refractivity (Wildman–Crippen MR) is 115 cm³/mol. The highest BCUT2D eigenvalue weighted by atomic mass is 16.5. The molecule has 150 valence electrons. The van der Waals surface area contributed by atoms with Crippen molar-refractivity contribution in [2.45, 2.75) is 31.8 Å². The molecule has 0 amide bonds. The average Bonchev–Trinajstić information content (AvgIpc) is 2.75. The minimum absolute atomic E-state index is 0.0386. The largest absolute Gasteiger partial charge is 0.469 e. The monoisotopic (exact) mass is 380 g/mol. The number of hydrogen-bond donors (Lipinski definition) is 1. The lowest BCUT2D eigenvalue weighted by atomic mass is 9.97. The van der Waals surface area contributed by atoms with Gasteiger partial charge in [-0.05, 0) is 31.0 Å². The number of nitrogens with one attached hydrogen (secondary N) is 1. The van der Waals surface area contributed by atoms with E-state index in [0.717, 1.165) is 31.6 Å². The van der Waals surface area contributed by atoms with Crippen LogP contribution < -0.4 is 5.32 Å². The lowest BCUT2D eigenvalue weighted by molar-refractivity contribution is -0.142. The molecule has 2 aromatic carbocycles. The highest BCUT2D eigenvalue weighted by molar-refractivity contribution is 5.70. The summed E-state index contributed by atoms with van der Waals surface area (Å²) in [6, 6.07) is 20.8. The van der Waals surface area contributed by atoms with Crippen molar-refractivity contribution in [2.75, 3.05) is 26.7 Å². The van der Waals surface area contributed by atoms with E-state index in [-0.39, 0.29) is 18.1 Å². The van der Waals surface area contributed by atoms with E-state index in [4.69, 9.17) is 4.74 Å². The van der Waals surface area contributed by atoms with E-state index in [1.165, 1.54) is 12.7 Å². The van der Waals surface area contributed by atoms with Gasteiger partial charge in [0.1, 0.15) is 0 Å².